The monoisotopic (exact) mass is 353 g/mol. The van der Waals surface area contributed by atoms with Gasteiger partial charge in [-0.2, -0.15) is 5.10 Å². The summed E-state index contributed by atoms with van der Waals surface area (Å²) in [6.07, 6.45) is 4.17. The third-order valence-corrected chi connectivity index (χ3v) is 6.78. The van der Waals surface area contributed by atoms with Crippen molar-refractivity contribution >= 4 is 5.91 Å². The summed E-state index contributed by atoms with van der Waals surface area (Å²) in [5.74, 6) is 1.67. The topological polar surface area (TPSA) is 83.9 Å². The van der Waals surface area contributed by atoms with Gasteiger partial charge >= 0.3 is 0 Å². The first-order valence-electron chi connectivity index (χ1n) is 9.34. The summed E-state index contributed by atoms with van der Waals surface area (Å²) in [6, 6.07) is 0. The Morgan fingerprint density at radius 3 is 2.73 bits per heavy atom. The fourth-order valence-electron chi connectivity index (χ4n) is 4.83. The molecule has 1 aliphatic heterocycles. The predicted molar refractivity (Wildman–Crippen MR) is 95.4 cm³/mol. The highest BCUT2D eigenvalue weighted by molar-refractivity contribution is 5.95. The first-order valence-corrected chi connectivity index (χ1v) is 9.34. The average molecular weight is 353 g/mol. The molecule has 1 amide bonds. The summed E-state index contributed by atoms with van der Waals surface area (Å²) in [7, 11) is 0. The van der Waals surface area contributed by atoms with E-state index in [4.69, 9.17) is 0 Å². The van der Waals surface area contributed by atoms with Crippen molar-refractivity contribution in [3.05, 3.63) is 39.1 Å². The molecule has 5 rings (SSSR count). The molecule has 7 nitrogen and oxygen atoms in total. The highest BCUT2D eigenvalue weighted by Gasteiger charge is 2.62. The minimum absolute atomic E-state index is 0.0280. The molecule has 0 bridgehead atoms. The molecule has 2 fully saturated rings. The van der Waals surface area contributed by atoms with E-state index in [1.54, 1.807) is 10.9 Å². The van der Waals surface area contributed by atoms with Gasteiger partial charge in [-0.15, -0.1) is 0 Å². The second-order valence-corrected chi connectivity index (χ2v) is 8.47. The molecular formula is C19H23N5O2. The van der Waals surface area contributed by atoms with E-state index in [1.165, 1.54) is 0 Å². The summed E-state index contributed by atoms with van der Waals surface area (Å²) >= 11 is 0. The number of amides is 1. The molecule has 2 atom stereocenters. The van der Waals surface area contributed by atoms with Gasteiger partial charge in [0.1, 0.15) is 0 Å². The van der Waals surface area contributed by atoms with Crippen LogP contribution in [0.5, 0.6) is 0 Å². The number of hydrogen-bond donors (Lipinski definition) is 1. The van der Waals surface area contributed by atoms with Gasteiger partial charge in [-0.3, -0.25) is 14.6 Å². The number of aromatic nitrogens is 4. The van der Waals surface area contributed by atoms with Crippen LogP contribution in [0.25, 0.3) is 5.95 Å². The van der Waals surface area contributed by atoms with E-state index in [0.717, 1.165) is 49.3 Å². The van der Waals surface area contributed by atoms with Crippen LogP contribution in [0.1, 0.15) is 47.6 Å². The molecule has 2 unspecified atom stereocenters. The average Bonchev–Trinajstić information content (AvgIpc) is 3.15. The van der Waals surface area contributed by atoms with E-state index in [9.17, 15) is 9.59 Å². The second kappa shape index (κ2) is 5.05. The highest BCUT2D eigenvalue weighted by atomic mass is 16.2. The van der Waals surface area contributed by atoms with Crippen LogP contribution < -0.4 is 5.56 Å². The fourth-order valence-corrected chi connectivity index (χ4v) is 4.83. The number of nitrogens with zero attached hydrogens (tertiary/aromatic N) is 4. The van der Waals surface area contributed by atoms with Crippen LogP contribution in [-0.4, -0.2) is 43.6 Å². The van der Waals surface area contributed by atoms with Gasteiger partial charge in [0.05, 0.1) is 23.1 Å². The Labute approximate surface area is 151 Å². The van der Waals surface area contributed by atoms with E-state index in [0.29, 0.717) is 28.8 Å². The van der Waals surface area contributed by atoms with Gasteiger partial charge in [0.2, 0.25) is 5.95 Å². The third kappa shape index (κ3) is 2.06. The molecule has 136 valence electrons. The number of fused-ring (bicyclic) bond motifs is 2. The number of aryl methyl sites for hydroxylation is 1. The minimum Gasteiger partial charge on any atom is -0.338 e. The van der Waals surface area contributed by atoms with Crippen LogP contribution in [-0.2, 0) is 12.8 Å². The smallest absolute Gasteiger partial charge is 0.257 e. The van der Waals surface area contributed by atoms with E-state index in [-0.39, 0.29) is 11.5 Å². The van der Waals surface area contributed by atoms with Gasteiger partial charge in [-0.25, -0.2) is 9.67 Å². The van der Waals surface area contributed by atoms with Crippen LogP contribution in [0.15, 0.2) is 11.0 Å². The lowest BCUT2D eigenvalue weighted by molar-refractivity contribution is 0.0757. The van der Waals surface area contributed by atoms with Crippen LogP contribution in [0, 0.1) is 24.2 Å². The van der Waals surface area contributed by atoms with Crippen molar-refractivity contribution in [2.75, 3.05) is 13.1 Å². The molecule has 2 aliphatic carbocycles. The zero-order valence-electron chi connectivity index (χ0n) is 15.4. The zero-order chi connectivity index (χ0) is 18.2. The maximum Gasteiger partial charge on any atom is 0.257 e. The maximum absolute atomic E-state index is 12.9. The number of rotatable bonds is 2. The Kier molecular flexibility index (Phi) is 3.07. The molecule has 0 radical (unpaired) electrons. The summed E-state index contributed by atoms with van der Waals surface area (Å²) in [5.41, 5.74) is 3.24. The van der Waals surface area contributed by atoms with Crippen molar-refractivity contribution in [1.82, 2.24) is 24.6 Å². The lowest BCUT2D eigenvalue weighted by Crippen LogP contribution is -2.33. The number of aromatic amines is 1. The number of H-pyrrole nitrogens is 1. The van der Waals surface area contributed by atoms with Crippen molar-refractivity contribution in [1.29, 1.82) is 0 Å². The number of likely N-dealkylation sites (tertiary alicyclic amines) is 1. The Morgan fingerprint density at radius 2 is 2.00 bits per heavy atom. The van der Waals surface area contributed by atoms with Crippen LogP contribution in [0.3, 0.4) is 0 Å². The van der Waals surface area contributed by atoms with Crippen LogP contribution in [0.4, 0.5) is 0 Å². The molecular weight excluding hydrogens is 330 g/mol. The summed E-state index contributed by atoms with van der Waals surface area (Å²) in [6.45, 7) is 8.07. The summed E-state index contributed by atoms with van der Waals surface area (Å²) in [5, 5.41) is 4.34. The lowest BCUT2D eigenvalue weighted by atomic mass is 10.1. The van der Waals surface area contributed by atoms with Crippen molar-refractivity contribution in [2.24, 2.45) is 17.3 Å². The van der Waals surface area contributed by atoms with Crippen molar-refractivity contribution < 1.29 is 4.79 Å². The van der Waals surface area contributed by atoms with Crippen molar-refractivity contribution in [3.63, 3.8) is 0 Å². The largest absolute Gasteiger partial charge is 0.338 e. The molecule has 3 heterocycles. The number of carbonyl (C=O) groups is 1. The molecule has 1 saturated heterocycles. The Morgan fingerprint density at radius 1 is 1.27 bits per heavy atom. The molecule has 2 aromatic rings. The van der Waals surface area contributed by atoms with E-state index >= 15 is 0 Å². The lowest BCUT2D eigenvalue weighted by Gasteiger charge is -2.21. The third-order valence-electron chi connectivity index (χ3n) is 6.78. The quantitative estimate of drug-likeness (QED) is 0.886. The molecule has 1 saturated carbocycles. The highest BCUT2D eigenvalue weighted by Crippen LogP contribution is 2.62. The Balaban J connectivity index is 1.44. The Bertz CT molecular complexity index is 972. The molecule has 26 heavy (non-hydrogen) atoms. The molecule has 0 spiro atoms. The first-order chi connectivity index (χ1) is 12.4. The van der Waals surface area contributed by atoms with E-state index in [1.807, 2.05) is 11.8 Å². The van der Waals surface area contributed by atoms with Crippen LogP contribution in [0.2, 0.25) is 0 Å². The first kappa shape index (κ1) is 15.8. The second-order valence-electron chi connectivity index (χ2n) is 8.47. The van der Waals surface area contributed by atoms with Gasteiger partial charge in [-0.1, -0.05) is 13.8 Å². The van der Waals surface area contributed by atoms with Crippen molar-refractivity contribution in [2.45, 2.75) is 40.0 Å². The van der Waals surface area contributed by atoms with Gasteiger partial charge in [0, 0.05) is 18.7 Å². The fraction of sp³-hybridized carbons (Fsp3) is 0.579. The molecule has 7 heteroatoms. The minimum atomic E-state index is -0.0906. The van der Waals surface area contributed by atoms with Crippen molar-refractivity contribution in [3.8, 4) is 5.95 Å². The van der Waals surface area contributed by atoms with Gasteiger partial charge in [0.25, 0.3) is 11.5 Å². The van der Waals surface area contributed by atoms with Crippen LogP contribution >= 0.6 is 0 Å². The molecule has 2 aromatic heterocycles. The zero-order valence-corrected chi connectivity index (χ0v) is 15.4. The summed E-state index contributed by atoms with van der Waals surface area (Å²) in [4.78, 5) is 34.5. The van der Waals surface area contributed by atoms with Gasteiger partial charge in [0.15, 0.2) is 0 Å². The predicted octanol–water partition coefficient (Wildman–Crippen LogP) is 1.48. The Hall–Kier alpha value is -2.44. The van der Waals surface area contributed by atoms with Gasteiger partial charge in [-0.05, 0) is 43.4 Å². The molecule has 1 N–H and O–H groups in total. The normalized spacial score (nSPS) is 25.3. The standard InChI is InChI=1S/C19H23N5O2/c1-10-12(17(26)23-8-13-14(9-23)19(13,2)3)7-20-24(10)18-21-15-6-4-5-11(15)16(25)22-18/h7,13-14H,4-6,8-9H2,1-3H3,(H,21,22,25). The van der Waals surface area contributed by atoms with E-state index < -0.39 is 0 Å². The number of nitrogens with one attached hydrogen (secondary N) is 1. The molecule has 3 aliphatic rings. The van der Waals surface area contributed by atoms with Gasteiger partial charge < -0.3 is 4.90 Å². The molecule has 0 aromatic carbocycles. The number of hydrogen-bond acceptors (Lipinski definition) is 4. The van der Waals surface area contributed by atoms with E-state index in [2.05, 4.69) is 28.9 Å². The number of carbonyl (C=O) groups excluding carboxylic acids is 1. The number of piperidine rings is 1. The summed E-state index contributed by atoms with van der Waals surface area (Å²) < 4.78 is 1.58. The maximum atomic E-state index is 12.9. The SMILES string of the molecule is Cc1c(C(=O)N2CC3C(C2)C3(C)C)cnn1-c1nc2c(c(=O)[nH]1)CCC2.